The first-order valence-corrected chi connectivity index (χ1v) is 7.99. The number of hydrogen-bond donors (Lipinski definition) is 1. The molecule has 3 rings (SSSR count). The monoisotopic (exact) mass is 341 g/mol. The summed E-state index contributed by atoms with van der Waals surface area (Å²) in [5, 5.41) is 10.9. The number of carbonyl (C=O) groups is 2. The zero-order chi connectivity index (χ0) is 17.6. The Hall–Kier alpha value is -3.16. The van der Waals surface area contributed by atoms with Gasteiger partial charge in [-0.3, -0.25) is 9.59 Å². The van der Waals surface area contributed by atoms with Crippen molar-refractivity contribution in [2.45, 2.75) is 0 Å². The van der Waals surface area contributed by atoms with Crippen LogP contribution in [0.25, 0.3) is 0 Å². The van der Waals surface area contributed by atoms with Crippen molar-refractivity contribution in [3.05, 3.63) is 54.6 Å². The van der Waals surface area contributed by atoms with Crippen molar-refractivity contribution in [3.8, 4) is 0 Å². The van der Waals surface area contributed by atoms with Crippen molar-refractivity contribution in [3.63, 3.8) is 0 Å². The van der Waals surface area contributed by atoms with Crippen LogP contribution in [0.5, 0.6) is 0 Å². The van der Waals surface area contributed by atoms with Crippen molar-refractivity contribution in [1.29, 1.82) is 0 Å². The van der Waals surface area contributed by atoms with Gasteiger partial charge in [0.05, 0.1) is 6.26 Å². The molecule has 1 aliphatic heterocycles. The Kier molecular flexibility index (Phi) is 5.08. The first kappa shape index (κ1) is 16.7. The van der Waals surface area contributed by atoms with Gasteiger partial charge in [0, 0.05) is 32.7 Å². The molecule has 1 fully saturated rings. The third-order valence-electron chi connectivity index (χ3n) is 3.90. The molecule has 3 heterocycles. The fourth-order valence-corrected chi connectivity index (χ4v) is 2.55. The summed E-state index contributed by atoms with van der Waals surface area (Å²) in [6.07, 6.45) is 3.18. The molecule has 0 bridgehead atoms. The summed E-state index contributed by atoms with van der Waals surface area (Å²) in [7, 11) is 0. The smallest absolute Gasteiger partial charge is 0.289 e. The van der Waals surface area contributed by atoms with Crippen molar-refractivity contribution in [2.75, 3.05) is 38.0 Å². The van der Waals surface area contributed by atoms with Gasteiger partial charge in [0.15, 0.2) is 11.5 Å². The van der Waals surface area contributed by atoms with E-state index in [0.717, 1.165) is 0 Å². The summed E-state index contributed by atoms with van der Waals surface area (Å²) >= 11 is 0. The second-order valence-electron chi connectivity index (χ2n) is 5.54. The zero-order valence-electron chi connectivity index (χ0n) is 13.7. The Balaban J connectivity index is 1.56. The molecule has 2 aromatic heterocycles. The minimum atomic E-state index is -0.187. The van der Waals surface area contributed by atoms with Crippen LogP contribution in [0.15, 0.2) is 47.6 Å². The van der Waals surface area contributed by atoms with E-state index in [1.165, 1.54) is 6.26 Å². The molecular weight excluding hydrogens is 322 g/mol. The number of nitrogens with zero attached hydrogens (tertiary/aromatic N) is 4. The second-order valence-corrected chi connectivity index (χ2v) is 5.54. The Bertz CT molecular complexity index is 734. The normalized spacial score (nSPS) is 14.2. The number of piperazine rings is 1. The van der Waals surface area contributed by atoms with Gasteiger partial charge in [-0.05, 0) is 24.3 Å². The minimum absolute atomic E-state index is 0.158. The number of hydrogen-bond acceptors (Lipinski definition) is 6. The predicted octanol–water partition coefficient (Wildman–Crippen LogP) is 1.27. The third kappa shape index (κ3) is 3.85. The van der Waals surface area contributed by atoms with E-state index in [9.17, 15) is 9.59 Å². The lowest BCUT2D eigenvalue weighted by atomic mass is 10.2. The predicted molar refractivity (Wildman–Crippen MR) is 91.2 cm³/mol. The lowest BCUT2D eigenvalue weighted by Crippen LogP contribution is -2.50. The van der Waals surface area contributed by atoms with E-state index in [2.05, 4.69) is 22.1 Å². The standard InChI is InChI=1S/C17H19N5O3/c1-2-7-18-15-6-5-13(19-20-15)16(23)21-8-10-22(11-9-21)17(24)14-4-3-12-25-14/h2-6,12H,1,7-11H2,(H,18,20). The summed E-state index contributed by atoms with van der Waals surface area (Å²) in [5.74, 6) is 0.556. The highest BCUT2D eigenvalue weighted by Crippen LogP contribution is 2.12. The molecule has 0 radical (unpaired) electrons. The first-order valence-electron chi connectivity index (χ1n) is 7.99. The number of nitrogens with one attached hydrogen (secondary N) is 1. The maximum absolute atomic E-state index is 12.5. The van der Waals surface area contributed by atoms with E-state index in [0.29, 0.717) is 44.3 Å². The fourth-order valence-electron chi connectivity index (χ4n) is 2.55. The third-order valence-corrected chi connectivity index (χ3v) is 3.90. The van der Waals surface area contributed by atoms with Gasteiger partial charge in [-0.25, -0.2) is 0 Å². The minimum Gasteiger partial charge on any atom is -0.459 e. The van der Waals surface area contributed by atoms with Gasteiger partial charge in [-0.1, -0.05) is 6.08 Å². The van der Waals surface area contributed by atoms with Crippen LogP contribution in [0.4, 0.5) is 5.82 Å². The molecule has 1 aliphatic rings. The summed E-state index contributed by atoms with van der Waals surface area (Å²) in [6, 6.07) is 6.66. The number of furan rings is 1. The lowest BCUT2D eigenvalue weighted by molar-refractivity contribution is 0.0514. The van der Waals surface area contributed by atoms with Crippen LogP contribution < -0.4 is 5.32 Å². The number of rotatable bonds is 5. The molecule has 2 amide bonds. The number of carbonyl (C=O) groups excluding carboxylic acids is 2. The molecule has 2 aromatic rings. The first-order chi connectivity index (χ1) is 12.2. The van der Waals surface area contributed by atoms with Gasteiger partial charge >= 0.3 is 0 Å². The number of anilines is 1. The molecule has 0 aliphatic carbocycles. The highest BCUT2D eigenvalue weighted by atomic mass is 16.3. The maximum Gasteiger partial charge on any atom is 0.289 e. The molecule has 130 valence electrons. The van der Waals surface area contributed by atoms with Crippen molar-refractivity contribution in [2.24, 2.45) is 0 Å². The van der Waals surface area contributed by atoms with E-state index in [1.54, 1.807) is 40.1 Å². The van der Waals surface area contributed by atoms with Crippen molar-refractivity contribution < 1.29 is 14.0 Å². The summed E-state index contributed by atoms with van der Waals surface area (Å²) in [4.78, 5) is 28.1. The average molecular weight is 341 g/mol. The van der Waals surface area contributed by atoms with E-state index < -0.39 is 0 Å². The Labute approximate surface area is 145 Å². The SMILES string of the molecule is C=CCNc1ccc(C(=O)N2CCN(C(=O)c3ccco3)CC2)nn1. The molecule has 8 nitrogen and oxygen atoms in total. The van der Waals surface area contributed by atoms with Crippen LogP contribution >= 0.6 is 0 Å². The maximum atomic E-state index is 12.5. The molecule has 0 unspecified atom stereocenters. The second kappa shape index (κ2) is 7.61. The highest BCUT2D eigenvalue weighted by molar-refractivity contribution is 5.93. The summed E-state index contributed by atoms with van der Waals surface area (Å²) < 4.78 is 5.13. The Morgan fingerprint density at radius 2 is 1.84 bits per heavy atom. The summed E-state index contributed by atoms with van der Waals surface area (Å²) in [6.45, 7) is 6.00. The van der Waals surface area contributed by atoms with Gasteiger partial charge in [0.25, 0.3) is 11.8 Å². The van der Waals surface area contributed by atoms with Crippen molar-refractivity contribution >= 4 is 17.6 Å². The van der Waals surface area contributed by atoms with E-state index in [-0.39, 0.29) is 17.5 Å². The van der Waals surface area contributed by atoms with E-state index >= 15 is 0 Å². The largest absolute Gasteiger partial charge is 0.459 e. The van der Waals surface area contributed by atoms with Crippen LogP contribution in [-0.4, -0.2) is 64.5 Å². The molecule has 1 saturated heterocycles. The van der Waals surface area contributed by atoms with Gasteiger partial charge in [-0.15, -0.1) is 16.8 Å². The fraction of sp³-hybridized carbons (Fsp3) is 0.294. The number of aromatic nitrogens is 2. The molecule has 0 saturated carbocycles. The quantitative estimate of drug-likeness (QED) is 0.824. The van der Waals surface area contributed by atoms with Crippen LogP contribution in [0, 0.1) is 0 Å². The molecule has 25 heavy (non-hydrogen) atoms. The van der Waals surface area contributed by atoms with Gasteiger partial charge in [-0.2, -0.15) is 0 Å². The molecule has 8 heteroatoms. The summed E-state index contributed by atoms with van der Waals surface area (Å²) in [5.41, 5.74) is 0.287. The topological polar surface area (TPSA) is 91.6 Å². The van der Waals surface area contributed by atoms with Gasteiger partial charge in [0.2, 0.25) is 0 Å². The average Bonchev–Trinajstić information content (AvgIpc) is 3.20. The Morgan fingerprint density at radius 1 is 1.12 bits per heavy atom. The van der Waals surface area contributed by atoms with Crippen LogP contribution in [0.3, 0.4) is 0 Å². The molecule has 1 N–H and O–H groups in total. The molecule has 0 atom stereocenters. The lowest BCUT2D eigenvalue weighted by Gasteiger charge is -2.34. The molecular formula is C17H19N5O3. The zero-order valence-corrected chi connectivity index (χ0v) is 13.7. The van der Waals surface area contributed by atoms with E-state index in [1.807, 2.05) is 0 Å². The molecule has 0 spiro atoms. The highest BCUT2D eigenvalue weighted by Gasteiger charge is 2.27. The number of amides is 2. The van der Waals surface area contributed by atoms with Crippen LogP contribution in [0.1, 0.15) is 21.0 Å². The van der Waals surface area contributed by atoms with Gasteiger partial charge < -0.3 is 19.5 Å². The van der Waals surface area contributed by atoms with Crippen LogP contribution in [-0.2, 0) is 0 Å². The Morgan fingerprint density at radius 3 is 2.40 bits per heavy atom. The molecule has 0 aromatic carbocycles. The van der Waals surface area contributed by atoms with Crippen LogP contribution in [0.2, 0.25) is 0 Å². The van der Waals surface area contributed by atoms with Gasteiger partial charge in [0.1, 0.15) is 5.82 Å². The van der Waals surface area contributed by atoms with E-state index in [4.69, 9.17) is 4.42 Å². The van der Waals surface area contributed by atoms with Crippen molar-refractivity contribution in [1.82, 2.24) is 20.0 Å².